The number of amides is 1. The first-order chi connectivity index (χ1) is 15.0. The summed E-state index contributed by atoms with van der Waals surface area (Å²) < 4.78 is 75.8. The fraction of sp³-hybridized carbons (Fsp3) is 0.333. The van der Waals surface area contributed by atoms with E-state index in [2.05, 4.69) is 4.98 Å². The Balaban J connectivity index is 2.24. The number of nitrogens with zero attached hydrogens (tertiary/aromatic N) is 2. The number of pyridine rings is 1. The standard InChI is InChI=1S/C21H21F5N4O2/c1-10-17(19(27)31)30-15(7-21(2,28)9-22)11(18(25)26)6-16(20(30)29-10)32-8-12-13(23)4-3-5-14(12)24/h3-6,18H,7-9,28H2,1-2H3,(H2,27,31). The van der Waals surface area contributed by atoms with E-state index >= 15 is 0 Å². The first-order valence-corrected chi connectivity index (χ1v) is 9.50. The highest BCUT2D eigenvalue weighted by atomic mass is 19.3. The van der Waals surface area contributed by atoms with E-state index < -0.39 is 53.9 Å². The lowest BCUT2D eigenvalue weighted by Gasteiger charge is -2.24. The fourth-order valence-electron chi connectivity index (χ4n) is 3.39. The molecule has 2 aromatic heterocycles. The summed E-state index contributed by atoms with van der Waals surface area (Å²) >= 11 is 0. The second-order valence-corrected chi connectivity index (χ2v) is 7.73. The number of hydrogen-bond donors (Lipinski definition) is 2. The quantitative estimate of drug-likeness (QED) is 0.505. The van der Waals surface area contributed by atoms with Gasteiger partial charge in [0.1, 0.15) is 30.6 Å². The number of hydrogen-bond acceptors (Lipinski definition) is 4. The molecule has 0 radical (unpaired) electrons. The van der Waals surface area contributed by atoms with E-state index in [1.165, 1.54) is 19.9 Å². The van der Waals surface area contributed by atoms with Gasteiger partial charge in [-0.3, -0.25) is 9.20 Å². The zero-order chi connectivity index (χ0) is 23.8. The number of ether oxygens (including phenoxy) is 1. The highest BCUT2D eigenvalue weighted by Gasteiger charge is 2.30. The van der Waals surface area contributed by atoms with E-state index in [0.29, 0.717) is 0 Å². The molecule has 3 rings (SSSR count). The Bertz CT molecular complexity index is 1160. The van der Waals surface area contributed by atoms with Crippen LogP contribution in [0.4, 0.5) is 22.0 Å². The Morgan fingerprint density at radius 2 is 1.91 bits per heavy atom. The lowest BCUT2D eigenvalue weighted by molar-refractivity contribution is 0.0993. The van der Waals surface area contributed by atoms with E-state index in [4.69, 9.17) is 16.2 Å². The molecule has 0 saturated carbocycles. The molecule has 4 N–H and O–H groups in total. The molecule has 0 bridgehead atoms. The number of alkyl halides is 3. The average molecular weight is 456 g/mol. The molecule has 3 aromatic rings. The van der Waals surface area contributed by atoms with Gasteiger partial charge in [0, 0.05) is 23.2 Å². The summed E-state index contributed by atoms with van der Waals surface area (Å²) in [5.41, 5.74) is 8.38. The molecule has 32 heavy (non-hydrogen) atoms. The van der Waals surface area contributed by atoms with Crippen LogP contribution in [0.25, 0.3) is 5.65 Å². The van der Waals surface area contributed by atoms with Crippen LogP contribution in [0, 0.1) is 18.6 Å². The van der Waals surface area contributed by atoms with Crippen molar-refractivity contribution in [2.75, 3.05) is 6.67 Å². The van der Waals surface area contributed by atoms with Crippen molar-refractivity contribution in [3.63, 3.8) is 0 Å². The van der Waals surface area contributed by atoms with E-state index in [1.54, 1.807) is 0 Å². The maximum atomic E-state index is 14.0. The van der Waals surface area contributed by atoms with Gasteiger partial charge in [0.05, 0.1) is 11.3 Å². The van der Waals surface area contributed by atoms with Gasteiger partial charge < -0.3 is 16.2 Å². The number of carbonyl (C=O) groups is 1. The number of aryl methyl sites for hydroxylation is 1. The predicted molar refractivity (Wildman–Crippen MR) is 106 cm³/mol. The Hall–Kier alpha value is -3.21. The highest BCUT2D eigenvalue weighted by Crippen LogP contribution is 2.34. The molecule has 0 aliphatic heterocycles. The topological polar surface area (TPSA) is 95.6 Å². The fourth-order valence-corrected chi connectivity index (χ4v) is 3.39. The second kappa shape index (κ2) is 8.73. The third-order valence-electron chi connectivity index (χ3n) is 4.94. The van der Waals surface area contributed by atoms with Crippen molar-refractivity contribution in [3.8, 4) is 5.75 Å². The first kappa shape index (κ1) is 23.5. The van der Waals surface area contributed by atoms with E-state index in [1.807, 2.05) is 0 Å². The molecular weight excluding hydrogens is 435 g/mol. The van der Waals surface area contributed by atoms with Crippen LogP contribution < -0.4 is 16.2 Å². The average Bonchev–Trinajstić information content (AvgIpc) is 3.06. The number of aromatic nitrogens is 2. The minimum absolute atomic E-state index is 0.0953. The lowest BCUT2D eigenvalue weighted by Crippen LogP contribution is -2.42. The van der Waals surface area contributed by atoms with E-state index in [9.17, 15) is 26.7 Å². The van der Waals surface area contributed by atoms with Crippen molar-refractivity contribution in [3.05, 3.63) is 64.1 Å². The van der Waals surface area contributed by atoms with Gasteiger partial charge in [-0.05, 0) is 32.0 Å². The summed E-state index contributed by atoms with van der Waals surface area (Å²) in [7, 11) is 0. The van der Waals surface area contributed by atoms with Gasteiger partial charge in [0.15, 0.2) is 11.4 Å². The summed E-state index contributed by atoms with van der Waals surface area (Å²) in [6, 6.07) is 4.16. The monoisotopic (exact) mass is 456 g/mol. The zero-order valence-corrected chi connectivity index (χ0v) is 17.3. The molecule has 0 saturated heterocycles. The molecule has 1 aromatic carbocycles. The molecule has 172 valence electrons. The first-order valence-electron chi connectivity index (χ1n) is 9.50. The number of imidazole rings is 1. The second-order valence-electron chi connectivity index (χ2n) is 7.73. The van der Waals surface area contributed by atoms with Gasteiger partial charge in [-0.2, -0.15) is 0 Å². The maximum Gasteiger partial charge on any atom is 0.267 e. The van der Waals surface area contributed by atoms with Gasteiger partial charge in [-0.1, -0.05) is 6.07 Å². The maximum absolute atomic E-state index is 14.0. The Kier molecular flexibility index (Phi) is 6.40. The number of halogens is 5. The van der Waals surface area contributed by atoms with Crippen LogP contribution in [0.3, 0.4) is 0 Å². The van der Waals surface area contributed by atoms with Crippen LogP contribution in [0.1, 0.15) is 46.4 Å². The lowest BCUT2D eigenvalue weighted by atomic mass is 9.95. The number of benzene rings is 1. The van der Waals surface area contributed by atoms with Gasteiger partial charge in [-0.15, -0.1) is 0 Å². The molecule has 1 amide bonds. The van der Waals surface area contributed by atoms with Crippen molar-refractivity contribution >= 4 is 11.6 Å². The zero-order valence-electron chi connectivity index (χ0n) is 17.3. The number of nitrogens with two attached hydrogens (primary N) is 2. The number of primary amides is 1. The van der Waals surface area contributed by atoms with Gasteiger partial charge in [0.25, 0.3) is 12.3 Å². The molecule has 2 heterocycles. The Labute approximate surface area is 180 Å². The van der Waals surface area contributed by atoms with Gasteiger partial charge in [0.2, 0.25) is 0 Å². The highest BCUT2D eigenvalue weighted by molar-refractivity contribution is 5.93. The summed E-state index contributed by atoms with van der Waals surface area (Å²) in [6.07, 6.45) is -3.45. The molecule has 0 spiro atoms. The molecular formula is C21H21F5N4O2. The molecule has 11 heteroatoms. The normalized spacial score (nSPS) is 13.5. The predicted octanol–water partition coefficient (Wildman–Crippen LogP) is 3.77. The third kappa shape index (κ3) is 4.38. The minimum Gasteiger partial charge on any atom is -0.485 e. The van der Waals surface area contributed by atoms with Crippen LogP contribution >= 0.6 is 0 Å². The summed E-state index contributed by atoms with van der Waals surface area (Å²) in [5, 5.41) is 0. The largest absolute Gasteiger partial charge is 0.485 e. The van der Waals surface area contributed by atoms with E-state index in [-0.39, 0.29) is 34.9 Å². The number of rotatable bonds is 8. The van der Waals surface area contributed by atoms with Crippen molar-refractivity contribution in [2.24, 2.45) is 11.5 Å². The van der Waals surface area contributed by atoms with Crippen LogP contribution in [0.15, 0.2) is 24.3 Å². The summed E-state index contributed by atoms with van der Waals surface area (Å²) in [6.45, 7) is 1.10. The van der Waals surface area contributed by atoms with Crippen molar-refractivity contribution in [2.45, 2.75) is 38.8 Å². The van der Waals surface area contributed by atoms with Crippen molar-refractivity contribution in [1.82, 2.24) is 9.38 Å². The van der Waals surface area contributed by atoms with Crippen LogP contribution in [-0.2, 0) is 13.0 Å². The van der Waals surface area contributed by atoms with Crippen molar-refractivity contribution in [1.29, 1.82) is 0 Å². The SMILES string of the molecule is Cc1nc2c(OCc3c(F)cccc3F)cc(C(F)F)c(CC(C)(N)CF)n2c1C(N)=O. The Morgan fingerprint density at radius 1 is 1.28 bits per heavy atom. The summed E-state index contributed by atoms with van der Waals surface area (Å²) in [5.74, 6) is -2.99. The van der Waals surface area contributed by atoms with Gasteiger partial charge >= 0.3 is 0 Å². The molecule has 0 aliphatic rings. The van der Waals surface area contributed by atoms with Crippen LogP contribution in [0.5, 0.6) is 5.75 Å². The number of fused-ring (bicyclic) bond motifs is 1. The smallest absolute Gasteiger partial charge is 0.267 e. The minimum atomic E-state index is -3.07. The number of carbonyl (C=O) groups excluding carboxylic acids is 1. The van der Waals surface area contributed by atoms with E-state index in [0.717, 1.165) is 22.6 Å². The Morgan fingerprint density at radius 3 is 2.44 bits per heavy atom. The third-order valence-corrected chi connectivity index (χ3v) is 4.94. The van der Waals surface area contributed by atoms with Gasteiger partial charge in [-0.25, -0.2) is 26.9 Å². The molecule has 0 aliphatic carbocycles. The molecule has 0 fully saturated rings. The van der Waals surface area contributed by atoms with Crippen LogP contribution in [-0.4, -0.2) is 27.5 Å². The molecule has 1 atom stereocenters. The van der Waals surface area contributed by atoms with Crippen LogP contribution in [0.2, 0.25) is 0 Å². The molecule has 1 unspecified atom stereocenters. The summed E-state index contributed by atoms with van der Waals surface area (Å²) in [4.78, 5) is 16.3. The van der Waals surface area contributed by atoms with Crippen molar-refractivity contribution < 1.29 is 31.5 Å². The molecule has 6 nitrogen and oxygen atoms in total.